The molecular weight excluding hydrogens is 174 g/mol. The largest absolute Gasteiger partial charge is 0.388 e. The molecule has 0 saturated heterocycles. The molecule has 0 radical (unpaired) electrons. The third-order valence-corrected chi connectivity index (χ3v) is 2.25. The highest BCUT2D eigenvalue weighted by Crippen LogP contribution is 2.18. The Labute approximate surface area is 83.4 Å². The zero-order chi connectivity index (χ0) is 9.97. The van der Waals surface area contributed by atoms with Gasteiger partial charge in [-0.25, -0.2) is 4.98 Å². The van der Waals surface area contributed by atoms with Gasteiger partial charge in [0.05, 0.1) is 0 Å². The molecule has 0 bridgehead atoms. The molecule has 1 heterocycles. The number of anilines is 1. The quantitative estimate of drug-likeness (QED) is 0.780. The van der Waals surface area contributed by atoms with Crippen molar-refractivity contribution in [3.8, 4) is 11.4 Å². The molecule has 0 spiro atoms. The molecule has 3 nitrogen and oxygen atoms in total. The van der Waals surface area contributed by atoms with Crippen LogP contribution in [0.2, 0.25) is 0 Å². The van der Waals surface area contributed by atoms with E-state index < -0.39 is 0 Å². The van der Waals surface area contributed by atoms with Gasteiger partial charge in [0.25, 0.3) is 0 Å². The average Bonchev–Trinajstić information content (AvgIpc) is 2.65. The molecule has 2 aromatic rings. The van der Waals surface area contributed by atoms with Gasteiger partial charge in [0.15, 0.2) is 0 Å². The van der Waals surface area contributed by atoms with E-state index in [2.05, 4.69) is 22.4 Å². The number of hydrogen-bond acceptors (Lipinski definition) is 2. The SMILES string of the molecule is CNc1ccc(-c2nccn2C)cc1. The number of rotatable bonds is 2. The fraction of sp³-hybridized carbons (Fsp3) is 0.182. The molecule has 0 saturated carbocycles. The van der Waals surface area contributed by atoms with Crippen molar-refractivity contribution in [3.63, 3.8) is 0 Å². The van der Waals surface area contributed by atoms with Crippen molar-refractivity contribution >= 4 is 5.69 Å². The van der Waals surface area contributed by atoms with Crippen LogP contribution in [0.25, 0.3) is 11.4 Å². The number of aromatic nitrogens is 2. The van der Waals surface area contributed by atoms with Gasteiger partial charge in [0.2, 0.25) is 0 Å². The first-order valence-corrected chi connectivity index (χ1v) is 4.57. The Kier molecular flexibility index (Phi) is 2.23. The van der Waals surface area contributed by atoms with Gasteiger partial charge >= 0.3 is 0 Å². The van der Waals surface area contributed by atoms with Crippen LogP contribution in [-0.2, 0) is 7.05 Å². The lowest BCUT2D eigenvalue weighted by atomic mass is 10.2. The van der Waals surface area contributed by atoms with Crippen LogP contribution in [-0.4, -0.2) is 16.6 Å². The molecule has 1 aromatic carbocycles. The van der Waals surface area contributed by atoms with E-state index in [1.807, 2.05) is 37.0 Å². The van der Waals surface area contributed by atoms with Gasteiger partial charge in [-0.05, 0) is 24.3 Å². The molecule has 3 heteroatoms. The molecule has 0 atom stereocenters. The molecular formula is C11H13N3. The summed E-state index contributed by atoms with van der Waals surface area (Å²) in [5.74, 6) is 0.993. The average molecular weight is 187 g/mol. The van der Waals surface area contributed by atoms with Gasteiger partial charge < -0.3 is 9.88 Å². The summed E-state index contributed by atoms with van der Waals surface area (Å²) >= 11 is 0. The standard InChI is InChI=1S/C11H13N3/c1-12-10-5-3-9(4-6-10)11-13-7-8-14(11)2/h3-8,12H,1-2H3. The Hall–Kier alpha value is -1.77. The number of aryl methyl sites for hydroxylation is 1. The molecule has 1 aromatic heterocycles. The van der Waals surface area contributed by atoms with Crippen molar-refractivity contribution in [2.75, 3.05) is 12.4 Å². The summed E-state index contributed by atoms with van der Waals surface area (Å²) in [6.45, 7) is 0. The highest BCUT2D eigenvalue weighted by Gasteiger charge is 2.01. The summed E-state index contributed by atoms with van der Waals surface area (Å²) in [4.78, 5) is 4.28. The number of nitrogens with one attached hydrogen (secondary N) is 1. The van der Waals surface area contributed by atoms with Crippen LogP contribution in [0.3, 0.4) is 0 Å². The molecule has 0 amide bonds. The Morgan fingerprint density at radius 3 is 2.43 bits per heavy atom. The lowest BCUT2D eigenvalue weighted by molar-refractivity contribution is 0.925. The third-order valence-electron chi connectivity index (χ3n) is 2.25. The number of hydrogen-bond donors (Lipinski definition) is 1. The Bertz CT molecular complexity index is 414. The van der Waals surface area contributed by atoms with Crippen molar-refractivity contribution in [1.82, 2.24) is 9.55 Å². The fourth-order valence-corrected chi connectivity index (χ4v) is 1.43. The highest BCUT2D eigenvalue weighted by molar-refractivity contribution is 5.59. The number of nitrogens with zero attached hydrogens (tertiary/aromatic N) is 2. The Morgan fingerprint density at radius 2 is 1.93 bits per heavy atom. The summed E-state index contributed by atoms with van der Waals surface area (Å²) in [5.41, 5.74) is 2.25. The second-order valence-corrected chi connectivity index (χ2v) is 3.19. The maximum absolute atomic E-state index is 4.28. The smallest absolute Gasteiger partial charge is 0.139 e. The van der Waals surface area contributed by atoms with E-state index in [4.69, 9.17) is 0 Å². The van der Waals surface area contributed by atoms with Gasteiger partial charge in [0.1, 0.15) is 5.82 Å². The lowest BCUT2D eigenvalue weighted by Crippen LogP contribution is -1.92. The molecule has 14 heavy (non-hydrogen) atoms. The van der Waals surface area contributed by atoms with Crippen LogP contribution >= 0.6 is 0 Å². The molecule has 72 valence electrons. The predicted octanol–water partition coefficient (Wildman–Crippen LogP) is 2.13. The van der Waals surface area contributed by atoms with Crippen molar-refractivity contribution in [2.45, 2.75) is 0 Å². The van der Waals surface area contributed by atoms with Crippen molar-refractivity contribution < 1.29 is 0 Å². The van der Waals surface area contributed by atoms with Crippen molar-refractivity contribution in [2.24, 2.45) is 7.05 Å². The normalized spacial score (nSPS) is 10.1. The van der Waals surface area contributed by atoms with Gasteiger partial charge in [-0.2, -0.15) is 0 Å². The van der Waals surface area contributed by atoms with Gasteiger partial charge in [-0.3, -0.25) is 0 Å². The van der Waals surface area contributed by atoms with E-state index >= 15 is 0 Å². The van der Waals surface area contributed by atoms with Gasteiger partial charge in [0, 0.05) is 37.7 Å². The third kappa shape index (κ3) is 1.48. The first-order valence-electron chi connectivity index (χ1n) is 4.57. The monoisotopic (exact) mass is 187 g/mol. The van der Waals surface area contributed by atoms with E-state index in [1.165, 1.54) is 0 Å². The van der Waals surface area contributed by atoms with E-state index in [9.17, 15) is 0 Å². The van der Waals surface area contributed by atoms with Crippen molar-refractivity contribution in [1.29, 1.82) is 0 Å². The second-order valence-electron chi connectivity index (χ2n) is 3.19. The zero-order valence-corrected chi connectivity index (χ0v) is 8.36. The van der Waals surface area contributed by atoms with Crippen LogP contribution in [0.15, 0.2) is 36.7 Å². The first-order chi connectivity index (χ1) is 6.81. The van der Waals surface area contributed by atoms with E-state index in [-0.39, 0.29) is 0 Å². The fourth-order valence-electron chi connectivity index (χ4n) is 1.43. The van der Waals surface area contributed by atoms with Crippen LogP contribution < -0.4 is 5.32 Å². The zero-order valence-electron chi connectivity index (χ0n) is 8.36. The molecule has 0 aliphatic rings. The van der Waals surface area contributed by atoms with E-state index in [0.29, 0.717) is 0 Å². The Morgan fingerprint density at radius 1 is 1.21 bits per heavy atom. The van der Waals surface area contributed by atoms with Gasteiger partial charge in [-0.1, -0.05) is 0 Å². The summed E-state index contributed by atoms with van der Waals surface area (Å²) < 4.78 is 2.01. The summed E-state index contributed by atoms with van der Waals surface area (Å²) in [6, 6.07) is 8.22. The summed E-state index contributed by atoms with van der Waals surface area (Å²) in [5, 5.41) is 3.09. The predicted molar refractivity (Wildman–Crippen MR) is 58.2 cm³/mol. The first kappa shape index (κ1) is 8.81. The maximum Gasteiger partial charge on any atom is 0.139 e. The highest BCUT2D eigenvalue weighted by atomic mass is 15.0. The van der Waals surface area contributed by atoms with Crippen LogP contribution in [0.4, 0.5) is 5.69 Å². The van der Waals surface area contributed by atoms with E-state index in [0.717, 1.165) is 17.1 Å². The summed E-state index contributed by atoms with van der Waals surface area (Å²) in [7, 11) is 3.91. The molecule has 2 rings (SSSR count). The molecule has 0 aliphatic heterocycles. The topological polar surface area (TPSA) is 29.9 Å². The summed E-state index contributed by atoms with van der Waals surface area (Å²) in [6.07, 6.45) is 3.75. The van der Waals surface area contributed by atoms with Crippen LogP contribution in [0.5, 0.6) is 0 Å². The number of benzene rings is 1. The molecule has 1 N–H and O–H groups in total. The molecule has 0 fully saturated rings. The minimum Gasteiger partial charge on any atom is -0.388 e. The van der Waals surface area contributed by atoms with Crippen LogP contribution in [0, 0.1) is 0 Å². The molecule has 0 aliphatic carbocycles. The van der Waals surface area contributed by atoms with Crippen molar-refractivity contribution in [3.05, 3.63) is 36.7 Å². The van der Waals surface area contributed by atoms with Crippen LogP contribution in [0.1, 0.15) is 0 Å². The minimum absolute atomic E-state index is 0.993. The van der Waals surface area contributed by atoms with E-state index in [1.54, 1.807) is 6.20 Å². The minimum atomic E-state index is 0.993. The Balaban J connectivity index is 2.39. The van der Waals surface area contributed by atoms with Gasteiger partial charge in [-0.15, -0.1) is 0 Å². The second kappa shape index (κ2) is 3.54. The lowest BCUT2D eigenvalue weighted by Gasteiger charge is -2.03. The number of imidazole rings is 1. The molecule has 0 unspecified atom stereocenters. The maximum atomic E-state index is 4.28.